The van der Waals surface area contributed by atoms with Gasteiger partial charge in [0.1, 0.15) is 0 Å². The van der Waals surface area contributed by atoms with Crippen LogP contribution in [0.15, 0.2) is 206 Å². The zero-order valence-electron chi connectivity index (χ0n) is 32.3. The fourth-order valence-corrected chi connectivity index (χ4v) is 11.4. The standard InChI is InChI=1S/C56H34N2S2/c1-3-14-35(15-4-1)36-28-30-38(31-29-36)41-33-32-39-18-11-21-40(37-16-5-2-6-17-37)52(39)53(41)56-57-48(46-24-12-22-44-42-19-7-9-26-50(42)59-54(44)46)34-49(58-56)47-25-13-23-45-43-20-8-10-27-51(43)60-55(45)47/h1-34H. The van der Waals surface area contributed by atoms with Crippen LogP contribution in [0.5, 0.6) is 0 Å². The Hall–Kier alpha value is -7.24. The Morgan fingerprint density at radius 1 is 0.317 bits per heavy atom. The number of nitrogens with zero attached hydrogens (tertiary/aromatic N) is 2. The molecule has 0 bridgehead atoms. The van der Waals surface area contributed by atoms with Gasteiger partial charge in [0.2, 0.25) is 0 Å². The second-order valence-corrected chi connectivity index (χ2v) is 17.3. The lowest BCUT2D eigenvalue weighted by atomic mass is 9.88. The maximum Gasteiger partial charge on any atom is 0.161 e. The first-order valence-corrected chi connectivity index (χ1v) is 21.9. The van der Waals surface area contributed by atoms with E-state index in [4.69, 9.17) is 9.97 Å². The molecule has 0 radical (unpaired) electrons. The molecule has 12 aromatic rings. The van der Waals surface area contributed by atoms with E-state index in [0.29, 0.717) is 5.82 Å². The summed E-state index contributed by atoms with van der Waals surface area (Å²) in [4.78, 5) is 11.4. The van der Waals surface area contributed by atoms with Crippen molar-refractivity contribution in [1.29, 1.82) is 0 Å². The molecule has 0 aliphatic rings. The van der Waals surface area contributed by atoms with Crippen LogP contribution in [0.2, 0.25) is 0 Å². The lowest BCUT2D eigenvalue weighted by Crippen LogP contribution is -1.99. The zero-order chi connectivity index (χ0) is 39.6. The van der Waals surface area contributed by atoms with Crippen LogP contribution in [0.25, 0.3) is 118 Å². The number of aromatic nitrogens is 2. The molecule has 280 valence electrons. The van der Waals surface area contributed by atoms with Gasteiger partial charge in [-0.1, -0.05) is 188 Å². The largest absolute Gasteiger partial charge is 0.228 e. The average Bonchev–Trinajstić information content (AvgIpc) is 3.90. The monoisotopic (exact) mass is 798 g/mol. The Morgan fingerprint density at radius 2 is 0.783 bits per heavy atom. The highest BCUT2D eigenvalue weighted by molar-refractivity contribution is 7.26. The highest BCUT2D eigenvalue weighted by atomic mass is 32.1. The summed E-state index contributed by atoms with van der Waals surface area (Å²) in [5, 5.41) is 7.31. The molecule has 0 unspecified atom stereocenters. The van der Waals surface area contributed by atoms with Gasteiger partial charge in [0.15, 0.2) is 5.82 Å². The summed E-state index contributed by atoms with van der Waals surface area (Å²) in [5.41, 5.74) is 11.9. The molecule has 0 aliphatic carbocycles. The van der Waals surface area contributed by atoms with Crippen molar-refractivity contribution in [2.75, 3.05) is 0 Å². The molecule has 60 heavy (non-hydrogen) atoms. The van der Waals surface area contributed by atoms with E-state index < -0.39 is 0 Å². The molecule has 0 atom stereocenters. The molecule has 0 saturated heterocycles. The maximum atomic E-state index is 5.68. The van der Waals surface area contributed by atoms with Crippen LogP contribution in [0.4, 0.5) is 0 Å². The summed E-state index contributed by atoms with van der Waals surface area (Å²) in [7, 11) is 0. The van der Waals surface area contributed by atoms with Gasteiger partial charge in [0, 0.05) is 62.4 Å². The van der Waals surface area contributed by atoms with Crippen molar-refractivity contribution >= 4 is 73.8 Å². The molecule has 3 aromatic heterocycles. The predicted molar refractivity (Wildman–Crippen MR) is 258 cm³/mol. The van der Waals surface area contributed by atoms with Gasteiger partial charge < -0.3 is 0 Å². The molecule has 0 fully saturated rings. The van der Waals surface area contributed by atoms with Gasteiger partial charge in [-0.3, -0.25) is 0 Å². The average molecular weight is 799 g/mol. The predicted octanol–water partition coefficient (Wildman–Crippen LogP) is 16.4. The molecule has 0 spiro atoms. The molecule has 0 aliphatic heterocycles. The van der Waals surface area contributed by atoms with Gasteiger partial charge in [0.25, 0.3) is 0 Å². The zero-order valence-corrected chi connectivity index (χ0v) is 34.0. The Balaban J connectivity index is 1.18. The van der Waals surface area contributed by atoms with Gasteiger partial charge in [-0.05, 0) is 57.0 Å². The SMILES string of the molecule is c1ccc(-c2ccc(-c3ccc4cccc(-c5ccccc5)c4c3-c3nc(-c4cccc5c4sc4ccccc45)cc(-c4cccc5c4sc4ccccc45)n3)cc2)cc1. The van der Waals surface area contributed by atoms with Crippen LogP contribution in [0, 0.1) is 0 Å². The number of hydrogen-bond acceptors (Lipinski definition) is 4. The lowest BCUT2D eigenvalue weighted by molar-refractivity contribution is 1.19. The van der Waals surface area contributed by atoms with E-state index >= 15 is 0 Å². The fraction of sp³-hybridized carbons (Fsp3) is 0. The first-order chi connectivity index (χ1) is 29.7. The number of fused-ring (bicyclic) bond motifs is 7. The minimum Gasteiger partial charge on any atom is -0.228 e. The Labute approximate surface area is 355 Å². The van der Waals surface area contributed by atoms with E-state index in [1.807, 2.05) is 22.7 Å². The molecule has 0 saturated carbocycles. The van der Waals surface area contributed by atoms with Crippen LogP contribution in [-0.4, -0.2) is 9.97 Å². The van der Waals surface area contributed by atoms with E-state index in [1.54, 1.807) is 0 Å². The van der Waals surface area contributed by atoms with Crippen LogP contribution in [0.1, 0.15) is 0 Å². The highest BCUT2D eigenvalue weighted by Gasteiger charge is 2.22. The number of rotatable bonds is 6. The number of hydrogen-bond donors (Lipinski definition) is 0. The van der Waals surface area contributed by atoms with E-state index in [0.717, 1.165) is 61.1 Å². The van der Waals surface area contributed by atoms with Crippen molar-refractivity contribution in [2.24, 2.45) is 0 Å². The molecule has 9 aromatic carbocycles. The summed E-state index contributed by atoms with van der Waals surface area (Å²) in [5.74, 6) is 0.704. The van der Waals surface area contributed by atoms with Gasteiger partial charge in [-0.15, -0.1) is 22.7 Å². The van der Waals surface area contributed by atoms with Crippen molar-refractivity contribution in [2.45, 2.75) is 0 Å². The van der Waals surface area contributed by atoms with E-state index in [2.05, 4.69) is 206 Å². The van der Waals surface area contributed by atoms with Gasteiger partial charge >= 0.3 is 0 Å². The van der Waals surface area contributed by atoms with Crippen LogP contribution < -0.4 is 0 Å². The van der Waals surface area contributed by atoms with Crippen molar-refractivity contribution in [1.82, 2.24) is 9.97 Å². The van der Waals surface area contributed by atoms with Crippen molar-refractivity contribution in [3.8, 4) is 67.3 Å². The molecule has 12 rings (SSSR count). The molecule has 0 amide bonds. The molecular formula is C56H34N2S2. The fourth-order valence-electron chi connectivity index (χ4n) is 8.92. The van der Waals surface area contributed by atoms with E-state index in [-0.39, 0.29) is 0 Å². The minimum atomic E-state index is 0.704. The van der Waals surface area contributed by atoms with Gasteiger partial charge in [-0.2, -0.15) is 0 Å². The van der Waals surface area contributed by atoms with Gasteiger partial charge in [-0.25, -0.2) is 9.97 Å². The van der Waals surface area contributed by atoms with Crippen molar-refractivity contribution < 1.29 is 0 Å². The first-order valence-electron chi connectivity index (χ1n) is 20.2. The summed E-state index contributed by atoms with van der Waals surface area (Å²) in [6.45, 7) is 0. The molecular weight excluding hydrogens is 765 g/mol. The van der Waals surface area contributed by atoms with E-state index in [9.17, 15) is 0 Å². The third-order valence-corrected chi connectivity index (χ3v) is 14.2. The topological polar surface area (TPSA) is 25.8 Å². The minimum absolute atomic E-state index is 0.704. The summed E-state index contributed by atoms with van der Waals surface area (Å²) < 4.78 is 5.00. The molecule has 4 heteroatoms. The van der Waals surface area contributed by atoms with Crippen molar-refractivity contribution in [3.63, 3.8) is 0 Å². The Kier molecular flexibility index (Phi) is 8.25. The molecule has 2 nitrogen and oxygen atoms in total. The molecule has 3 heterocycles. The number of benzene rings is 9. The maximum absolute atomic E-state index is 5.68. The second kappa shape index (κ2) is 14.2. The Morgan fingerprint density at radius 3 is 1.40 bits per heavy atom. The summed E-state index contributed by atoms with van der Waals surface area (Å²) >= 11 is 3.67. The van der Waals surface area contributed by atoms with E-state index in [1.165, 1.54) is 51.5 Å². The Bertz CT molecular complexity index is 3450. The van der Waals surface area contributed by atoms with Crippen LogP contribution in [-0.2, 0) is 0 Å². The third kappa shape index (κ3) is 5.76. The first kappa shape index (κ1) is 34.8. The molecule has 0 N–H and O–H groups in total. The number of thiophene rings is 2. The van der Waals surface area contributed by atoms with Crippen LogP contribution in [0.3, 0.4) is 0 Å². The van der Waals surface area contributed by atoms with Crippen molar-refractivity contribution in [3.05, 3.63) is 206 Å². The summed E-state index contributed by atoms with van der Waals surface area (Å²) in [6, 6.07) is 74.3. The second-order valence-electron chi connectivity index (χ2n) is 15.2. The third-order valence-electron chi connectivity index (χ3n) is 11.7. The van der Waals surface area contributed by atoms with Crippen LogP contribution >= 0.6 is 22.7 Å². The smallest absolute Gasteiger partial charge is 0.161 e. The quantitative estimate of drug-likeness (QED) is 0.167. The normalized spacial score (nSPS) is 11.7. The highest BCUT2D eigenvalue weighted by Crippen LogP contribution is 2.46. The lowest BCUT2D eigenvalue weighted by Gasteiger charge is -2.18. The van der Waals surface area contributed by atoms with Gasteiger partial charge in [0.05, 0.1) is 11.4 Å². The summed E-state index contributed by atoms with van der Waals surface area (Å²) in [6.07, 6.45) is 0.